The van der Waals surface area contributed by atoms with Crippen molar-refractivity contribution in [3.8, 4) is 0 Å². The quantitative estimate of drug-likeness (QED) is 0.587. The topological polar surface area (TPSA) is 41.8 Å². The van der Waals surface area contributed by atoms with Crippen molar-refractivity contribution in [3.63, 3.8) is 0 Å². The van der Waals surface area contributed by atoms with E-state index in [-0.39, 0.29) is 0 Å². The van der Waals surface area contributed by atoms with Gasteiger partial charge in [0.1, 0.15) is 5.15 Å². The normalized spacial score (nSPS) is 10.8. The van der Waals surface area contributed by atoms with E-state index in [4.69, 9.17) is 28.2 Å². The van der Waals surface area contributed by atoms with Crippen molar-refractivity contribution < 1.29 is 4.42 Å². The number of nitrogens with one attached hydrogen (secondary N) is 1. The molecule has 6 heteroatoms. The number of hydrogen-bond acceptors (Lipinski definition) is 3. The van der Waals surface area contributed by atoms with E-state index in [2.05, 4.69) is 25.9 Å². The first kappa shape index (κ1) is 8.22. The molecule has 0 saturated carbocycles. The van der Waals surface area contributed by atoms with Crippen molar-refractivity contribution in [2.75, 3.05) is 0 Å². The molecule has 0 atom stereocenters. The van der Waals surface area contributed by atoms with Gasteiger partial charge in [0.15, 0.2) is 11.2 Å². The number of fused-ring (bicyclic) bond motifs is 1. The molecular weight excluding hydrogens is 264 g/mol. The fraction of sp³-hybridized carbons (Fsp3) is 0. The zero-order valence-electron chi connectivity index (χ0n) is 5.60. The van der Waals surface area contributed by atoms with E-state index >= 15 is 0 Å². The number of H-pyrrole nitrogens is 1. The van der Waals surface area contributed by atoms with Crippen LogP contribution in [0.25, 0.3) is 11.2 Å². The molecule has 0 bridgehead atoms. The van der Waals surface area contributed by atoms with Crippen molar-refractivity contribution in [1.29, 1.82) is 0 Å². The van der Waals surface area contributed by atoms with Crippen LogP contribution in [0.4, 0.5) is 0 Å². The summed E-state index contributed by atoms with van der Waals surface area (Å²) in [5, 5.41) is 0.384. The van der Waals surface area contributed by atoms with Gasteiger partial charge in [-0.15, -0.1) is 0 Å². The standard InChI is InChI=1S/C6H2BrClN2OS/c7-2-1-3-5(9-4(2)8)10-6(12)11-3/h1H,(H,9,10,12). The highest BCUT2D eigenvalue weighted by Gasteiger charge is 2.04. The highest BCUT2D eigenvalue weighted by atomic mass is 79.9. The number of rotatable bonds is 0. The summed E-state index contributed by atoms with van der Waals surface area (Å²) < 4.78 is 5.80. The molecular formula is C6H2BrClN2OS. The van der Waals surface area contributed by atoms with Crippen LogP contribution in [0.3, 0.4) is 0 Å². The molecule has 0 aliphatic heterocycles. The van der Waals surface area contributed by atoms with Crippen molar-refractivity contribution in [1.82, 2.24) is 9.97 Å². The lowest BCUT2D eigenvalue weighted by atomic mass is 10.5. The average molecular weight is 266 g/mol. The van der Waals surface area contributed by atoms with Gasteiger partial charge in [-0.1, -0.05) is 11.6 Å². The predicted octanol–water partition coefficient (Wildman–Crippen LogP) is 3.30. The van der Waals surface area contributed by atoms with Crippen LogP contribution in [-0.2, 0) is 0 Å². The van der Waals surface area contributed by atoms with E-state index in [9.17, 15) is 0 Å². The summed E-state index contributed by atoms with van der Waals surface area (Å²) in [5.74, 6) is 0. The Morgan fingerprint density at radius 2 is 2.42 bits per heavy atom. The van der Waals surface area contributed by atoms with Crippen molar-refractivity contribution in [2.24, 2.45) is 0 Å². The van der Waals surface area contributed by atoms with Gasteiger partial charge in [-0.25, -0.2) is 4.98 Å². The second kappa shape index (κ2) is 2.83. The monoisotopic (exact) mass is 264 g/mol. The van der Waals surface area contributed by atoms with E-state index in [1.807, 2.05) is 0 Å². The van der Waals surface area contributed by atoms with Crippen LogP contribution < -0.4 is 0 Å². The first-order chi connectivity index (χ1) is 5.66. The van der Waals surface area contributed by atoms with E-state index in [0.29, 0.717) is 25.7 Å². The van der Waals surface area contributed by atoms with Gasteiger partial charge in [-0.05, 0) is 28.1 Å². The van der Waals surface area contributed by atoms with Crippen molar-refractivity contribution in [2.45, 2.75) is 0 Å². The van der Waals surface area contributed by atoms with Crippen LogP contribution in [-0.4, -0.2) is 9.97 Å². The molecule has 2 aromatic rings. The smallest absolute Gasteiger partial charge is 0.268 e. The summed E-state index contributed by atoms with van der Waals surface area (Å²) >= 11 is 13.7. The Morgan fingerprint density at radius 1 is 1.67 bits per heavy atom. The zero-order chi connectivity index (χ0) is 8.72. The lowest BCUT2D eigenvalue weighted by Gasteiger charge is -1.91. The number of aromatic amines is 1. The number of oxazole rings is 1. The molecule has 0 amide bonds. The van der Waals surface area contributed by atoms with E-state index in [0.717, 1.165) is 0 Å². The number of nitrogens with zero attached hydrogens (tertiary/aromatic N) is 1. The van der Waals surface area contributed by atoms with Gasteiger partial charge >= 0.3 is 0 Å². The minimum atomic E-state index is 0.298. The Bertz CT molecular complexity index is 450. The van der Waals surface area contributed by atoms with Crippen LogP contribution in [0, 0.1) is 4.84 Å². The summed E-state index contributed by atoms with van der Waals surface area (Å²) in [4.78, 5) is 7.05. The molecule has 1 N–H and O–H groups in total. The predicted molar refractivity (Wildman–Crippen MR) is 51.9 cm³/mol. The van der Waals surface area contributed by atoms with Crippen LogP contribution in [0.1, 0.15) is 0 Å². The molecule has 0 fully saturated rings. The minimum absolute atomic E-state index is 0.298. The fourth-order valence-corrected chi connectivity index (χ4v) is 1.46. The molecule has 0 aromatic carbocycles. The maximum Gasteiger partial charge on any atom is 0.268 e. The first-order valence-corrected chi connectivity index (χ1v) is 4.59. The lowest BCUT2D eigenvalue weighted by Crippen LogP contribution is -1.78. The van der Waals surface area contributed by atoms with Crippen LogP contribution in [0.15, 0.2) is 15.0 Å². The number of hydrogen-bond donors (Lipinski definition) is 1. The van der Waals surface area contributed by atoms with Crippen LogP contribution >= 0.6 is 39.7 Å². The zero-order valence-corrected chi connectivity index (χ0v) is 8.76. The third-order valence-electron chi connectivity index (χ3n) is 1.32. The molecule has 2 aromatic heterocycles. The molecule has 0 radical (unpaired) electrons. The van der Waals surface area contributed by atoms with Gasteiger partial charge in [0.25, 0.3) is 4.84 Å². The van der Waals surface area contributed by atoms with Gasteiger partial charge < -0.3 is 4.42 Å². The summed E-state index contributed by atoms with van der Waals surface area (Å²) in [6.07, 6.45) is 0. The molecule has 0 aliphatic rings. The lowest BCUT2D eigenvalue weighted by molar-refractivity contribution is 0.583. The van der Waals surface area contributed by atoms with Gasteiger partial charge in [0.05, 0.1) is 4.47 Å². The molecule has 0 unspecified atom stereocenters. The maximum atomic E-state index is 5.74. The average Bonchev–Trinajstić information content (AvgIpc) is 2.30. The highest BCUT2D eigenvalue weighted by molar-refractivity contribution is 9.10. The number of halogens is 2. The molecule has 2 heterocycles. The Balaban J connectivity index is 2.92. The Kier molecular flexibility index (Phi) is 1.94. The van der Waals surface area contributed by atoms with Crippen molar-refractivity contribution in [3.05, 3.63) is 20.5 Å². The SMILES string of the molecule is S=c1[nH]c2nc(Cl)c(Br)cc2o1. The molecule has 12 heavy (non-hydrogen) atoms. The summed E-state index contributed by atoms with van der Waals surface area (Å²) in [6.45, 7) is 0. The molecule has 0 spiro atoms. The molecule has 0 aliphatic carbocycles. The third-order valence-corrected chi connectivity index (χ3v) is 2.63. The van der Waals surface area contributed by atoms with Crippen molar-refractivity contribution >= 4 is 51.0 Å². The Labute approximate surface area is 85.9 Å². The largest absolute Gasteiger partial charge is 0.428 e. The summed E-state index contributed by atoms with van der Waals surface area (Å²) in [5.41, 5.74) is 1.16. The highest BCUT2D eigenvalue weighted by Crippen LogP contribution is 2.24. The van der Waals surface area contributed by atoms with Gasteiger partial charge in [0.2, 0.25) is 0 Å². The van der Waals surface area contributed by atoms with Crippen LogP contribution in [0.2, 0.25) is 5.15 Å². The second-order valence-electron chi connectivity index (χ2n) is 2.12. The maximum absolute atomic E-state index is 5.74. The molecule has 62 valence electrons. The molecule has 3 nitrogen and oxygen atoms in total. The third kappa shape index (κ3) is 1.28. The first-order valence-electron chi connectivity index (χ1n) is 3.01. The van der Waals surface area contributed by atoms with E-state index < -0.39 is 0 Å². The van der Waals surface area contributed by atoms with Gasteiger partial charge in [-0.3, -0.25) is 4.98 Å². The summed E-state index contributed by atoms with van der Waals surface area (Å²) in [6, 6.07) is 1.72. The Morgan fingerprint density at radius 3 is 3.17 bits per heavy atom. The van der Waals surface area contributed by atoms with E-state index in [1.165, 1.54) is 0 Å². The van der Waals surface area contributed by atoms with Gasteiger partial charge in [0, 0.05) is 6.07 Å². The minimum Gasteiger partial charge on any atom is -0.428 e. The van der Waals surface area contributed by atoms with Gasteiger partial charge in [-0.2, -0.15) is 0 Å². The number of pyridine rings is 1. The summed E-state index contributed by atoms with van der Waals surface area (Å²) in [7, 11) is 0. The van der Waals surface area contributed by atoms with E-state index in [1.54, 1.807) is 6.07 Å². The Hall–Kier alpha value is -0.390. The second-order valence-corrected chi connectivity index (χ2v) is 3.71. The molecule has 0 saturated heterocycles. The molecule has 2 rings (SSSR count). The van der Waals surface area contributed by atoms with Crippen LogP contribution in [0.5, 0.6) is 0 Å². The fourth-order valence-electron chi connectivity index (χ4n) is 0.839. The number of aromatic nitrogens is 2.